The lowest BCUT2D eigenvalue weighted by atomic mass is 10.1. The number of nitro groups is 1. The molecule has 1 heterocycles. The molecule has 2 aromatic carbocycles. The molecule has 0 radical (unpaired) electrons. The number of hydrogen-bond donors (Lipinski definition) is 1. The van der Waals surface area contributed by atoms with Crippen molar-refractivity contribution in [3.8, 4) is 11.5 Å². The van der Waals surface area contributed by atoms with Gasteiger partial charge < -0.3 is 24.4 Å². The van der Waals surface area contributed by atoms with Crippen molar-refractivity contribution in [3.63, 3.8) is 0 Å². The molecule has 2 aromatic rings. The fraction of sp³-hybridized carbons (Fsp3) is 0.381. The Morgan fingerprint density at radius 3 is 2.37 bits per heavy atom. The molecule has 0 atom stereocenters. The molecule has 1 N–H and O–H groups in total. The number of methoxy groups -OCH3 is 2. The molecule has 1 fully saturated rings. The summed E-state index contributed by atoms with van der Waals surface area (Å²) in [6, 6.07) is 10.7. The highest BCUT2D eigenvalue weighted by atomic mass is 16.6. The van der Waals surface area contributed by atoms with E-state index >= 15 is 0 Å². The molecular weight excluding hydrogens is 390 g/mol. The molecule has 1 saturated heterocycles. The van der Waals surface area contributed by atoms with Crippen molar-refractivity contribution in [3.05, 3.63) is 57.6 Å². The first-order valence-electron chi connectivity index (χ1n) is 9.63. The van der Waals surface area contributed by atoms with E-state index in [0.717, 1.165) is 37.6 Å². The van der Waals surface area contributed by atoms with Crippen LogP contribution in [0.1, 0.15) is 15.9 Å². The summed E-state index contributed by atoms with van der Waals surface area (Å²) >= 11 is 0. The van der Waals surface area contributed by atoms with Crippen molar-refractivity contribution < 1.29 is 23.9 Å². The summed E-state index contributed by atoms with van der Waals surface area (Å²) < 4.78 is 15.6. The number of nitrogens with zero attached hydrogens (tertiary/aromatic N) is 2. The quantitative estimate of drug-likeness (QED) is 0.522. The van der Waals surface area contributed by atoms with Crippen molar-refractivity contribution in [1.29, 1.82) is 0 Å². The van der Waals surface area contributed by atoms with Gasteiger partial charge in [0, 0.05) is 31.4 Å². The first kappa shape index (κ1) is 21.4. The minimum atomic E-state index is -0.610. The van der Waals surface area contributed by atoms with Gasteiger partial charge in [-0.1, -0.05) is 12.1 Å². The number of benzene rings is 2. The van der Waals surface area contributed by atoms with Crippen molar-refractivity contribution in [2.45, 2.75) is 6.42 Å². The van der Waals surface area contributed by atoms with Gasteiger partial charge in [-0.3, -0.25) is 14.9 Å². The van der Waals surface area contributed by atoms with E-state index in [1.165, 1.54) is 26.4 Å². The van der Waals surface area contributed by atoms with Gasteiger partial charge in [-0.05, 0) is 24.1 Å². The SMILES string of the molecule is COc1cc(C(=O)NCCc2ccc(N3CCOCC3)cc2)c([N+](=O)[O-])cc1OC. The number of ether oxygens (including phenoxy) is 3. The Bertz CT molecular complexity index is 894. The second-order valence-corrected chi connectivity index (χ2v) is 6.75. The number of rotatable bonds is 8. The maximum Gasteiger partial charge on any atom is 0.286 e. The summed E-state index contributed by atoms with van der Waals surface area (Å²) in [6.07, 6.45) is 0.607. The van der Waals surface area contributed by atoms with Gasteiger partial charge in [-0.2, -0.15) is 0 Å². The van der Waals surface area contributed by atoms with Gasteiger partial charge in [0.25, 0.3) is 11.6 Å². The van der Waals surface area contributed by atoms with E-state index in [4.69, 9.17) is 14.2 Å². The molecule has 3 rings (SSSR count). The zero-order valence-corrected chi connectivity index (χ0v) is 17.1. The molecule has 0 saturated carbocycles. The molecule has 0 aromatic heterocycles. The van der Waals surface area contributed by atoms with Crippen molar-refractivity contribution in [2.75, 3.05) is 52.0 Å². The lowest BCUT2D eigenvalue weighted by Gasteiger charge is -2.28. The van der Waals surface area contributed by atoms with Gasteiger partial charge >= 0.3 is 0 Å². The summed E-state index contributed by atoms with van der Waals surface area (Å²) in [5, 5.41) is 14.1. The maximum absolute atomic E-state index is 12.6. The summed E-state index contributed by atoms with van der Waals surface area (Å²) in [5.41, 5.74) is 1.81. The highest BCUT2D eigenvalue weighted by Crippen LogP contribution is 2.34. The fourth-order valence-electron chi connectivity index (χ4n) is 3.31. The van der Waals surface area contributed by atoms with Crippen LogP contribution in [0.15, 0.2) is 36.4 Å². The molecule has 0 bridgehead atoms. The lowest BCUT2D eigenvalue weighted by molar-refractivity contribution is -0.385. The Morgan fingerprint density at radius 2 is 1.77 bits per heavy atom. The van der Waals surface area contributed by atoms with Crippen LogP contribution < -0.4 is 19.7 Å². The largest absolute Gasteiger partial charge is 0.493 e. The van der Waals surface area contributed by atoms with Crippen LogP contribution in [0, 0.1) is 10.1 Å². The van der Waals surface area contributed by atoms with Crippen molar-refractivity contribution in [2.24, 2.45) is 0 Å². The second kappa shape index (κ2) is 9.93. The van der Waals surface area contributed by atoms with E-state index < -0.39 is 10.8 Å². The van der Waals surface area contributed by atoms with Gasteiger partial charge in [0.05, 0.1) is 38.4 Å². The molecule has 160 valence electrons. The standard InChI is InChI=1S/C21H25N3O6/c1-28-19-13-17(18(24(26)27)14-20(19)29-2)21(25)22-8-7-15-3-5-16(6-4-15)23-9-11-30-12-10-23/h3-6,13-14H,7-12H2,1-2H3,(H,22,25). The van der Waals surface area contributed by atoms with Gasteiger partial charge in [-0.25, -0.2) is 0 Å². The lowest BCUT2D eigenvalue weighted by Crippen LogP contribution is -2.36. The van der Waals surface area contributed by atoms with E-state index in [1.807, 2.05) is 12.1 Å². The van der Waals surface area contributed by atoms with Gasteiger partial charge in [0.15, 0.2) is 11.5 Å². The smallest absolute Gasteiger partial charge is 0.286 e. The van der Waals surface area contributed by atoms with Gasteiger partial charge in [0.1, 0.15) is 5.56 Å². The average molecular weight is 415 g/mol. The highest BCUT2D eigenvalue weighted by molar-refractivity contribution is 5.99. The third-order valence-electron chi connectivity index (χ3n) is 4.96. The van der Waals surface area contributed by atoms with E-state index in [-0.39, 0.29) is 22.7 Å². The van der Waals surface area contributed by atoms with Crippen molar-refractivity contribution >= 4 is 17.3 Å². The summed E-state index contributed by atoms with van der Waals surface area (Å²) in [4.78, 5) is 25.6. The third-order valence-corrected chi connectivity index (χ3v) is 4.96. The Kier molecular flexibility index (Phi) is 7.08. The predicted molar refractivity (Wildman–Crippen MR) is 112 cm³/mol. The number of nitrogens with one attached hydrogen (secondary N) is 1. The van der Waals surface area contributed by atoms with Crippen LogP contribution >= 0.6 is 0 Å². The van der Waals surface area contributed by atoms with Crippen LogP contribution in [0.25, 0.3) is 0 Å². The number of hydrogen-bond acceptors (Lipinski definition) is 7. The van der Waals surface area contributed by atoms with E-state index in [1.54, 1.807) is 0 Å². The normalized spacial score (nSPS) is 13.6. The van der Waals surface area contributed by atoms with Gasteiger partial charge in [-0.15, -0.1) is 0 Å². The Hall–Kier alpha value is -3.33. The molecular formula is C21H25N3O6. The zero-order valence-electron chi connectivity index (χ0n) is 17.1. The number of anilines is 1. The van der Waals surface area contributed by atoms with Crippen LogP contribution in [0.5, 0.6) is 11.5 Å². The van der Waals surface area contributed by atoms with Gasteiger partial charge in [0.2, 0.25) is 0 Å². The van der Waals surface area contributed by atoms with E-state index in [0.29, 0.717) is 13.0 Å². The average Bonchev–Trinajstić information content (AvgIpc) is 2.79. The second-order valence-electron chi connectivity index (χ2n) is 6.75. The highest BCUT2D eigenvalue weighted by Gasteiger charge is 2.24. The van der Waals surface area contributed by atoms with Crippen LogP contribution in [-0.2, 0) is 11.2 Å². The Balaban J connectivity index is 1.62. The molecule has 9 nitrogen and oxygen atoms in total. The minimum absolute atomic E-state index is 0.0692. The Labute approximate surface area is 174 Å². The number of carbonyl (C=O) groups is 1. The van der Waals surface area contributed by atoms with Crippen LogP contribution in [0.3, 0.4) is 0 Å². The number of morpholine rings is 1. The number of carbonyl (C=O) groups excluding carboxylic acids is 1. The zero-order chi connectivity index (χ0) is 21.5. The summed E-state index contributed by atoms with van der Waals surface area (Å²) in [5.74, 6) is -0.0827. The molecule has 1 amide bonds. The molecule has 30 heavy (non-hydrogen) atoms. The molecule has 1 aliphatic heterocycles. The molecule has 0 spiro atoms. The predicted octanol–water partition coefficient (Wildman–Crippen LogP) is 2.42. The third kappa shape index (κ3) is 4.98. The van der Waals surface area contributed by atoms with Crippen molar-refractivity contribution in [1.82, 2.24) is 5.32 Å². The number of amides is 1. The fourth-order valence-corrected chi connectivity index (χ4v) is 3.31. The molecule has 1 aliphatic rings. The Morgan fingerprint density at radius 1 is 1.13 bits per heavy atom. The topological polar surface area (TPSA) is 103 Å². The number of nitro benzene ring substituents is 1. The first-order chi connectivity index (χ1) is 14.5. The minimum Gasteiger partial charge on any atom is -0.493 e. The molecule has 9 heteroatoms. The first-order valence-corrected chi connectivity index (χ1v) is 9.63. The monoisotopic (exact) mass is 415 g/mol. The summed E-state index contributed by atoms with van der Waals surface area (Å²) in [6.45, 7) is 3.56. The van der Waals surface area contributed by atoms with Crippen LogP contribution in [0.2, 0.25) is 0 Å². The van der Waals surface area contributed by atoms with Crippen LogP contribution in [0.4, 0.5) is 11.4 Å². The molecule has 0 aliphatic carbocycles. The summed E-state index contributed by atoms with van der Waals surface area (Å²) in [7, 11) is 2.79. The molecule has 0 unspecified atom stereocenters. The maximum atomic E-state index is 12.6. The van der Waals surface area contributed by atoms with E-state index in [9.17, 15) is 14.9 Å². The van der Waals surface area contributed by atoms with Crippen LogP contribution in [-0.4, -0.2) is 57.9 Å². The van der Waals surface area contributed by atoms with E-state index in [2.05, 4.69) is 22.3 Å².